The van der Waals surface area contributed by atoms with Gasteiger partial charge in [-0.15, -0.1) is 0 Å². The number of pyridine rings is 1. The first-order valence-electron chi connectivity index (χ1n) is 9.41. The predicted octanol–water partition coefficient (Wildman–Crippen LogP) is 0.727. The number of nitrogens with one attached hydrogen (secondary N) is 1. The van der Waals surface area contributed by atoms with E-state index in [2.05, 4.69) is 15.2 Å². The lowest BCUT2D eigenvalue weighted by molar-refractivity contribution is -0.121. The molecule has 1 aromatic heterocycles. The molecule has 1 N–H and O–H groups in total. The molecule has 1 fully saturated rings. The Labute approximate surface area is 175 Å². The number of amides is 1. The zero-order valence-electron chi connectivity index (χ0n) is 16.6. The summed E-state index contributed by atoms with van der Waals surface area (Å²) in [6.45, 7) is 2.79. The maximum atomic E-state index is 12.6. The highest BCUT2D eigenvalue weighted by atomic mass is 32.2. The summed E-state index contributed by atoms with van der Waals surface area (Å²) in [5, 5.41) is 11.6. The van der Waals surface area contributed by atoms with E-state index < -0.39 is 15.9 Å². The Balaban J connectivity index is 1.56. The summed E-state index contributed by atoms with van der Waals surface area (Å²) in [4.78, 5) is 18.8. The molecule has 0 spiro atoms. The Bertz CT molecular complexity index is 1030. The lowest BCUT2D eigenvalue weighted by Gasteiger charge is -2.28. The average Bonchev–Trinajstić information content (AvgIpc) is 2.78. The number of carbonyl (C=O) groups excluding carboxylic acids is 1. The van der Waals surface area contributed by atoms with Crippen molar-refractivity contribution >= 4 is 21.7 Å². The Morgan fingerprint density at radius 3 is 2.63 bits per heavy atom. The van der Waals surface area contributed by atoms with Crippen LogP contribution in [0.4, 0.5) is 5.82 Å². The van der Waals surface area contributed by atoms with E-state index in [1.54, 1.807) is 12.3 Å². The number of hydrogen-bond donors (Lipinski definition) is 1. The monoisotopic (exact) mass is 429 g/mol. The van der Waals surface area contributed by atoms with Gasteiger partial charge in [-0.25, -0.2) is 13.4 Å². The smallest absolute Gasteiger partial charge is 0.243 e. The van der Waals surface area contributed by atoms with E-state index in [1.807, 2.05) is 12.1 Å². The van der Waals surface area contributed by atoms with Crippen molar-refractivity contribution in [3.8, 4) is 6.07 Å². The molecule has 30 heavy (non-hydrogen) atoms. The number of benzene rings is 1. The molecule has 0 saturated carbocycles. The Morgan fingerprint density at radius 1 is 1.27 bits per heavy atom. The molecule has 3 rings (SSSR count). The van der Waals surface area contributed by atoms with Crippen LogP contribution in [0.1, 0.15) is 11.1 Å². The molecular formula is C20H23N5O4S. The normalized spacial score (nSPS) is 14.4. The average molecular weight is 430 g/mol. The number of carbonyl (C=O) groups is 1. The van der Waals surface area contributed by atoms with Crippen LogP contribution in [0.5, 0.6) is 0 Å². The molecule has 0 aliphatic carbocycles. The maximum absolute atomic E-state index is 12.6. The van der Waals surface area contributed by atoms with Gasteiger partial charge in [0, 0.05) is 32.9 Å². The van der Waals surface area contributed by atoms with Crippen LogP contribution in [0, 0.1) is 11.3 Å². The molecule has 0 unspecified atom stereocenters. The van der Waals surface area contributed by atoms with E-state index >= 15 is 0 Å². The third-order valence-corrected chi connectivity index (χ3v) is 6.51. The Kier molecular flexibility index (Phi) is 6.99. The molecule has 0 bridgehead atoms. The number of sulfonamides is 1. The summed E-state index contributed by atoms with van der Waals surface area (Å²) >= 11 is 0. The molecule has 2 aromatic rings. The predicted molar refractivity (Wildman–Crippen MR) is 110 cm³/mol. The van der Waals surface area contributed by atoms with Gasteiger partial charge in [-0.2, -0.15) is 9.57 Å². The molecule has 1 saturated heterocycles. The summed E-state index contributed by atoms with van der Waals surface area (Å²) in [5.41, 5.74) is 1.24. The fourth-order valence-electron chi connectivity index (χ4n) is 2.96. The standard InChI is InChI=1S/C20H23N5O4S/c1-24(30(27,28)18-4-2-16(13-21)3-5-18)15-20(26)23-14-17-6-7-22-19(12-17)25-8-10-29-11-9-25/h2-7,12H,8-11,14-15H2,1H3,(H,23,26). The second-order valence-electron chi connectivity index (χ2n) is 6.80. The fourth-order valence-corrected chi connectivity index (χ4v) is 4.09. The van der Waals surface area contributed by atoms with Crippen molar-refractivity contribution in [1.29, 1.82) is 5.26 Å². The number of nitrogens with zero attached hydrogens (tertiary/aromatic N) is 4. The molecule has 1 aromatic carbocycles. The van der Waals surface area contributed by atoms with Crippen molar-refractivity contribution in [3.05, 3.63) is 53.7 Å². The number of hydrogen-bond acceptors (Lipinski definition) is 7. The number of ether oxygens (including phenoxy) is 1. The van der Waals surface area contributed by atoms with Crippen molar-refractivity contribution < 1.29 is 17.9 Å². The van der Waals surface area contributed by atoms with E-state index in [9.17, 15) is 13.2 Å². The third kappa shape index (κ3) is 5.33. The molecular weight excluding hydrogens is 406 g/mol. The topological polar surface area (TPSA) is 116 Å². The number of rotatable bonds is 7. The van der Waals surface area contributed by atoms with E-state index in [0.29, 0.717) is 18.8 Å². The van der Waals surface area contributed by atoms with Gasteiger partial charge in [-0.3, -0.25) is 4.79 Å². The minimum absolute atomic E-state index is 0.0288. The van der Waals surface area contributed by atoms with Crippen molar-refractivity contribution in [3.63, 3.8) is 0 Å². The summed E-state index contributed by atoms with van der Waals surface area (Å²) in [6.07, 6.45) is 1.69. The molecule has 9 nitrogen and oxygen atoms in total. The molecule has 1 amide bonds. The van der Waals surface area contributed by atoms with E-state index in [1.165, 1.54) is 31.3 Å². The first kappa shape index (κ1) is 21.7. The first-order chi connectivity index (χ1) is 14.4. The minimum atomic E-state index is -3.83. The van der Waals surface area contributed by atoms with Gasteiger partial charge in [0.25, 0.3) is 0 Å². The fraction of sp³-hybridized carbons (Fsp3) is 0.350. The van der Waals surface area contributed by atoms with Crippen molar-refractivity contribution in [1.82, 2.24) is 14.6 Å². The summed E-state index contributed by atoms with van der Waals surface area (Å²) in [6, 6.07) is 11.2. The lowest BCUT2D eigenvalue weighted by Crippen LogP contribution is -2.38. The summed E-state index contributed by atoms with van der Waals surface area (Å²) in [7, 11) is -2.49. The van der Waals surface area contributed by atoms with Crippen LogP contribution >= 0.6 is 0 Å². The lowest BCUT2D eigenvalue weighted by atomic mass is 10.2. The minimum Gasteiger partial charge on any atom is -0.378 e. The number of anilines is 1. The first-order valence-corrected chi connectivity index (χ1v) is 10.8. The zero-order valence-corrected chi connectivity index (χ0v) is 17.4. The second kappa shape index (κ2) is 9.67. The van der Waals surface area contributed by atoms with Crippen LogP contribution in [-0.2, 0) is 26.1 Å². The molecule has 2 heterocycles. The van der Waals surface area contributed by atoms with Gasteiger partial charge in [-0.1, -0.05) is 0 Å². The van der Waals surface area contributed by atoms with Gasteiger partial charge >= 0.3 is 0 Å². The van der Waals surface area contributed by atoms with Crippen molar-refractivity contribution in [2.75, 3.05) is 44.8 Å². The van der Waals surface area contributed by atoms with Gasteiger partial charge in [0.2, 0.25) is 15.9 Å². The molecule has 0 atom stereocenters. The SMILES string of the molecule is CN(CC(=O)NCc1ccnc(N2CCOCC2)c1)S(=O)(=O)c1ccc(C#N)cc1. The van der Waals surface area contributed by atoms with Gasteiger partial charge in [-0.05, 0) is 42.0 Å². The van der Waals surface area contributed by atoms with Gasteiger partial charge in [0.1, 0.15) is 5.82 Å². The van der Waals surface area contributed by atoms with Crippen LogP contribution in [0.3, 0.4) is 0 Å². The molecule has 0 radical (unpaired) electrons. The Hall–Kier alpha value is -3.00. The molecule has 1 aliphatic heterocycles. The quantitative estimate of drug-likeness (QED) is 0.690. The molecule has 158 valence electrons. The largest absolute Gasteiger partial charge is 0.378 e. The second-order valence-corrected chi connectivity index (χ2v) is 8.84. The highest BCUT2D eigenvalue weighted by Gasteiger charge is 2.23. The maximum Gasteiger partial charge on any atom is 0.243 e. The van der Waals surface area contributed by atoms with Crippen LogP contribution in [-0.4, -0.2) is 63.5 Å². The van der Waals surface area contributed by atoms with E-state index in [0.717, 1.165) is 28.8 Å². The number of morpholine rings is 1. The zero-order chi connectivity index (χ0) is 21.6. The van der Waals surface area contributed by atoms with Crippen LogP contribution in [0.25, 0.3) is 0 Å². The Morgan fingerprint density at radius 2 is 1.97 bits per heavy atom. The van der Waals surface area contributed by atoms with Crippen molar-refractivity contribution in [2.45, 2.75) is 11.4 Å². The van der Waals surface area contributed by atoms with Crippen LogP contribution in [0.2, 0.25) is 0 Å². The summed E-state index contributed by atoms with van der Waals surface area (Å²) in [5.74, 6) is 0.407. The number of aromatic nitrogens is 1. The van der Waals surface area contributed by atoms with Crippen molar-refractivity contribution in [2.24, 2.45) is 0 Å². The van der Waals surface area contributed by atoms with Crippen LogP contribution in [0.15, 0.2) is 47.5 Å². The van der Waals surface area contributed by atoms with E-state index in [4.69, 9.17) is 10.00 Å². The summed E-state index contributed by atoms with van der Waals surface area (Å²) < 4.78 is 31.5. The number of nitriles is 1. The molecule has 10 heteroatoms. The van der Waals surface area contributed by atoms with Gasteiger partial charge in [0.05, 0.1) is 36.3 Å². The van der Waals surface area contributed by atoms with Gasteiger partial charge < -0.3 is 15.0 Å². The number of likely N-dealkylation sites (N-methyl/N-ethyl adjacent to an activating group) is 1. The molecule has 1 aliphatic rings. The highest BCUT2D eigenvalue weighted by molar-refractivity contribution is 7.89. The van der Waals surface area contributed by atoms with E-state index in [-0.39, 0.29) is 18.0 Å². The highest BCUT2D eigenvalue weighted by Crippen LogP contribution is 2.16. The third-order valence-electron chi connectivity index (χ3n) is 4.69. The van der Waals surface area contributed by atoms with Gasteiger partial charge in [0.15, 0.2) is 0 Å². The van der Waals surface area contributed by atoms with Crippen LogP contribution < -0.4 is 10.2 Å².